The molecular weight excluding hydrogens is 281 g/mol. The van der Waals surface area contributed by atoms with E-state index < -0.39 is 0 Å². The first-order valence-electron chi connectivity index (χ1n) is 6.64. The van der Waals surface area contributed by atoms with Gasteiger partial charge in [-0.3, -0.25) is 0 Å². The maximum Gasteiger partial charge on any atom is 0.149 e. The minimum atomic E-state index is 0.337. The number of anilines is 2. The average Bonchev–Trinajstić information content (AvgIpc) is 2.33. The second kappa shape index (κ2) is 5.37. The third-order valence-electron chi connectivity index (χ3n) is 4.13. The first-order valence-corrected chi connectivity index (χ1v) is 7.40. The van der Waals surface area contributed by atoms with Gasteiger partial charge in [-0.1, -0.05) is 37.0 Å². The third kappa shape index (κ3) is 3.26. The Morgan fingerprint density at radius 2 is 1.84 bits per heavy atom. The first-order chi connectivity index (χ1) is 8.80. The van der Waals surface area contributed by atoms with E-state index in [9.17, 15) is 0 Å². The van der Waals surface area contributed by atoms with Crippen LogP contribution < -0.4 is 10.6 Å². The van der Waals surface area contributed by atoms with Crippen LogP contribution in [-0.4, -0.2) is 18.1 Å². The van der Waals surface area contributed by atoms with E-state index in [0.717, 1.165) is 18.7 Å². The largest absolute Gasteiger partial charge is 0.382 e. The monoisotopic (exact) mass is 301 g/mol. The van der Waals surface area contributed by atoms with E-state index in [1.54, 1.807) is 6.07 Å². The van der Waals surface area contributed by atoms with Gasteiger partial charge in [-0.25, -0.2) is 4.98 Å². The normalized spacial score (nSPS) is 19.4. The quantitative estimate of drug-likeness (QED) is 0.881. The summed E-state index contributed by atoms with van der Waals surface area (Å²) in [5.74, 6) is 1.07. The van der Waals surface area contributed by atoms with E-state index in [1.807, 2.05) is 7.05 Å². The summed E-state index contributed by atoms with van der Waals surface area (Å²) in [6.45, 7) is 4.66. The lowest BCUT2D eigenvalue weighted by molar-refractivity contribution is 0.222. The maximum atomic E-state index is 6.23. The highest BCUT2D eigenvalue weighted by atomic mass is 35.5. The number of pyridine rings is 1. The van der Waals surface area contributed by atoms with Crippen LogP contribution in [0.25, 0.3) is 0 Å². The Bertz CT molecular complexity index is 464. The van der Waals surface area contributed by atoms with Crippen molar-refractivity contribution in [1.82, 2.24) is 4.98 Å². The average molecular weight is 302 g/mol. The van der Waals surface area contributed by atoms with Gasteiger partial charge < -0.3 is 10.6 Å². The summed E-state index contributed by atoms with van der Waals surface area (Å²) in [6, 6.07) is 2.14. The molecule has 0 bridgehead atoms. The molecule has 1 heterocycles. The summed E-state index contributed by atoms with van der Waals surface area (Å²) in [7, 11) is 2.03. The molecule has 2 rings (SSSR count). The van der Waals surface area contributed by atoms with Gasteiger partial charge in [-0.2, -0.15) is 0 Å². The number of nitrogen functional groups attached to an aromatic ring is 1. The SMILES string of the molecule is CN(c1nc(N)c(Cl)cc1Cl)C1CCC(C)(C)CC1. The van der Waals surface area contributed by atoms with Gasteiger partial charge in [0, 0.05) is 13.1 Å². The van der Waals surface area contributed by atoms with E-state index >= 15 is 0 Å². The molecular formula is C14H21Cl2N3. The molecule has 1 aromatic heterocycles. The van der Waals surface area contributed by atoms with Crippen molar-refractivity contribution < 1.29 is 0 Å². The first kappa shape index (κ1) is 14.7. The van der Waals surface area contributed by atoms with Gasteiger partial charge >= 0.3 is 0 Å². The third-order valence-corrected chi connectivity index (χ3v) is 4.71. The number of hydrogen-bond donors (Lipinski definition) is 1. The fourth-order valence-corrected chi connectivity index (χ4v) is 3.15. The molecule has 0 spiro atoms. The Balaban J connectivity index is 2.16. The van der Waals surface area contributed by atoms with Gasteiger partial charge in [0.15, 0.2) is 0 Å². The van der Waals surface area contributed by atoms with E-state index in [4.69, 9.17) is 28.9 Å². The predicted octanol–water partition coefficient (Wildman–Crippen LogP) is 4.38. The minimum Gasteiger partial charge on any atom is -0.382 e. The topological polar surface area (TPSA) is 42.2 Å². The second-order valence-electron chi connectivity index (χ2n) is 6.17. The minimum absolute atomic E-state index is 0.337. The standard InChI is InChI=1S/C14H21Cl2N3/c1-14(2)6-4-9(5-7-14)19(3)13-11(16)8-10(15)12(17)18-13/h8-9H,4-7H2,1-3H3,(H2,17,18). The van der Waals surface area contributed by atoms with Gasteiger partial charge in [-0.15, -0.1) is 0 Å². The molecule has 1 saturated carbocycles. The molecule has 1 aliphatic carbocycles. The van der Waals surface area contributed by atoms with Crippen LogP contribution in [0, 0.1) is 5.41 Å². The fourth-order valence-electron chi connectivity index (χ4n) is 2.66. The highest BCUT2D eigenvalue weighted by molar-refractivity contribution is 6.37. The number of hydrogen-bond acceptors (Lipinski definition) is 3. The molecule has 1 aliphatic rings. The van der Waals surface area contributed by atoms with Crippen molar-refractivity contribution in [1.29, 1.82) is 0 Å². The van der Waals surface area contributed by atoms with Crippen molar-refractivity contribution in [2.24, 2.45) is 5.41 Å². The molecule has 0 aliphatic heterocycles. The zero-order valence-electron chi connectivity index (χ0n) is 11.7. The molecule has 0 aromatic carbocycles. The van der Waals surface area contributed by atoms with E-state index in [-0.39, 0.29) is 0 Å². The Hall–Kier alpha value is -0.670. The molecule has 0 saturated heterocycles. The Morgan fingerprint density at radius 3 is 2.42 bits per heavy atom. The second-order valence-corrected chi connectivity index (χ2v) is 6.98. The number of nitrogens with zero attached hydrogens (tertiary/aromatic N) is 2. The Morgan fingerprint density at radius 1 is 1.26 bits per heavy atom. The van der Waals surface area contributed by atoms with Crippen molar-refractivity contribution in [3.05, 3.63) is 16.1 Å². The summed E-state index contributed by atoms with van der Waals surface area (Å²) in [6.07, 6.45) is 4.76. The summed E-state index contributed by atoms with van der Waals surface area (Å²) in [5.41, 5.74) is 6.22. The molecule has 5 heteroatoms. The zero-order valence-corrected chi connectivity index (χ0v) is 13.2. The van der Waals surface area contributed by atoms with Crippen LogP contribution in [-0.2, 0) is 0 Å². The summed E-state index contributed by atoms with van der Waals surface area (Å²) < 4.78 is 0. The van der Waals surface area contributed by atoms with Gasteiger partial charge in [0.2, 0.25) is 0 Å². The van der Waals surface area contributed by atoms with Crippen molar-refractivity contribution in [2.75, 3.05) is 17.7 Å². The highest BCUT2D eigenvalue weighted by Crippen LogP contribution is 2.39. The van der Waals surface area contributed by atoms with Crippen molar-refractivity contribution in [2.45, 2.75) is 45.6 Å². The molecule has 1 aromatic rings. The fraction of sp³-hybridized carbons (Fsp3) is 0.643. The van der Waals surface area contributed by atoms with Gasteiger partial charge in [-0.05, 0) is 37.2 Å². The predicted molar refractivity (Wildman–Crippen MR) is 83.1 cm³/mol. The van der Waals surface area contributed by atoms with Crippen molar-refractivity contribution in [3.8, 4) is 0 Å². The molecule has 0 radical (unpaired) electrons. The van der Waals surface area contributed by atoms with E-state index in [2.05, 4.69) is 23.7 Å². The van der Waals surface area contributed by atoms with Crippen LogP contribution in [0.15, 0.2) is 6.07 Å². The van der Waals surface area contributed by atoms with Crippen LogP contribution in [0.1, 0.15) is 39.5 Å². The number of aromatic nitrogens is 1. The number of halogens is 2. The van der Waals surface area contributed by atoms with Gasteiger partial charge in [0.05, 0.1) is 10.0 Å². The smallest absolute Gasteiger partial charge is 0.149 e. The van der Waals surface area contributed by atoms with Crippen LogP contribution in [0.5, 0.6) is 0 Å². The number of nitrogens with two attached hydrogens (primary N) is 1. The van der Waals surface area contributed by atoms with Crippen LogP contribution in [0.3, 0.4) is 0 Å². The summed E-state index contributed by atoms with van der Waals surface area (Å²) in [4.78, 5) is 6.47. The molecule has 19 heavy (non-hydrogen) atoms. The van der Waals surface area contributed by atoms with Crippen LogP contribution >= 0.6 is 23.2 Å². The van der Waals surface area contributed by atoms with Crippen molar-refractivity contribution >= 4 is 34.8 Å². The zero-order chi connectivity index (χ0) is 14.2. The lowest BCUT2D eigenvalue weighted by Gasteiger charge is -2.39. The van der Waals surface area contributed by atoms with Crippen LogP contribution in [0.4, 0.5) is 11.6 Å². The molecule has 1 fully saturated rings. The molecule has 3 nitrogen and oxygen atoms in total. The molecule has 0 amide bonds. The molecule has 0 unspecified atom stereocenters. The summed E-state index contributed by atoms with van der Waals surface area (Å²) in [5, 5.41) is 0.971. The molecule has 106 valence electrons. The molecule has 2 N–H and O–H groups in total. The maximum absolute atomic E-state index is 6.23. The van der Waals surface area contributed by atoms with E-state index in [1.165, 1.54) is 12.8 Å². The van der Waals surface area contributed by atoms with Gasteiger partial charge in [0.25, 0.3) is 0 Å². The van der Waals surface area contributed by atoms with Gasteiger partial charge in [0.1, 0.15) is 11.6 Å². The lowest BCUT2D eigenvalue weighted by Crippen LogP contribution is -2.37. The highest BCUT2D eigenvalue weighted by Gasteiger charge is 2.30. The number of rotatable bonds is 2. The Labute approximate surface area is 125 Å². The Kier molecular flexibility index (Phi) is 4.17. The summed E-state index contributed by atoms with van der Waals surface area (Å²) >= 11 is 12.2. The molecule has 0 atom stereocenters. The lowest BCUT2D eigenvalue weighted by atomic mass is 9.75. The van der Waals surface area contributed by atoms with E-state index in [0.29, 0.717) is 27.3 Å². The van der Waals surface area contributed by atoms with Crippen LogP contribution in [0.2, 0.25) is 10.0 Å². The van der Waals surface area contributed by atoms with Crippen molar-refractivity contribution in [3.63, 3.8) is 0 Å².